The number of imide groups is 1. The van der Waals surface area contributed by atoms with Crippen LogP contribution in [0.2, 0.25) is 0 Å². The SMILES string of the molecule is COc1ccc(CN2C(=O)CCC(n3c(=O)n(CCC(=O)OC(C)(C)C)c4cc(C5CCNCC5)ccc43)C2=O)cc1. The number of amides is 2. The third kappa shape index (κ3) is 6.28. The first kappa shape index (κ1) is 29.6. The minimum absolute atomic E-state index is 0.0224. The highest BCUT2D eigenvalue weighted by Gasteiger charge is 2.38. The van der Waals surface area contributed by atoms with Gasteiger partial charge in [-0.15, -0.1) is 0 Å². The molecule has 10 heteroatoms. The molecule has 1 unspecified atom stereocenters. The molecule has 5 rings (SSSR count). The van der Waals surface area contributed by atoms with Crippen molar-refractivity contribution in [1.82, 2.24) is 19.4 Å². The molecule has 42 heavy (non-hydrogen) atoms. The van der Waals surface area contributed by atoms with Gasteiger partial charge in [0.25, 0.3) is 5.91 Å². The van der Waals surface area contributed by atoms with E-state index in [-0.39, 0.29) is 43.9 Å². The second kappa shape index (κ2) is 12.1. The Labute approximate surface area is 245 Å². The van der Waals surface area contributed by atoms with E-state index in [4.69, 9.17) is 9.47 Å². The average Bonchev–Trinajstić information content (AvgIpc) is 3.24. The van der Waals surface area contributed by atoms with Crippen molar-refractivity contribution < 1.29 is 23.9 Å². The zero-order valence-electron chi connectivity index (χ0n) is 24.9. The highest BCUT2D eigenvalue weighted by molar-refractivity contribution is 6.00. The van der Waals surface area contributed by atoms with Crippen LogP contribution in [0.3, 0.4) is 0 Å². The van der Waals surface area contributed by atoms with Crippen molar-refractivity contribution in [2.45, 2.75) is 83.5 Å². The quantitative estimate of drug-likeness (QED) is 0.320. The Bertz CT molecular complexity index is 1530. The van der Waals surface area contributed by atoms with Gasteiger partial charge in [0.15, 0.2) is 0 Å². The van der Waals surface area contributed by atoms with Gasteiger partial charge < -0.3 is 14.8 Å². The van der Waals surface area contributed by atoms with Crippen LogP contribution in [0.15, 0.2) is 47.3 Å². The fraction of sp³-hybridized carbons (Fsp3) is 0.500. The number of aryl methyl sites for hydroxylation is 1. The third-order valence-electron chi connectivity index (χ3n) is 8.05. The molecule has 224 valence electrons. The van der Waals surface area contributed by atoms with Crippen LogP contribution in [-0.2, 0) is 32.2 Å². The molecule has 0 radical (unpaired) electrons. The molecular formula is C32H40N4O6. The number of hydrogen-bond donors (Lipinski definition) is 1. The second-order valence-corrected chi connectivity index (χ2v) is 12.1. The molecule has 10 nitrogen and oxygen atoms in total. The first-order valence-electron chi connectivity index (χ1n) is 14.7. The predicted octanol–water partition coefficient (Wildman–Crippen LogP) is 3.90. The van der Waals surface area contributed by atoms with Gasteiger partial charge in [0.05, 0.1) is 31.1 Å². The standard InChI is InChI=1S/C32H40N4O6/c1-32(2,3)42-29(38)15-18-34-27-19-23(22-13-16-33-17-14-22)7-10-25(27)36(31(34)40)26-11-12-28(37)35(30(26)39)20-21-5-8-24(41-4)9-6-21/h5-10,19,22,26,33H,11-18,20H2,1-4H3. The molecular weight excluding hydrogens is 536 g/mol. The zero-order chi connectivity index (χ0) is 30.0. The number of methoxy groups -OCH3 is 1. The Kier molecular flexibility index (Phi) is 8.54. The number of esters is 1. The van der Waals surface area contributed by atoms with Crippen molar-refractivity contribution in [3.63, 3.8) is 0 Å². The van der Waals surface area contributed by atoms with Crippen molar-refractivity contribution in [2.24, 2.45) is 0 Å². The van der Waals surface area contributed by atoms with Crippen molar-refractivity contribution in [2.75, 3.05) is 20.2 Å². The van der Waals surface area contributed by atoms with E-state index >= 15 is 0 Å². The van der Waals surface area contributed by atoms with E-state index in [1.54, 1.807) is 23.8 Å². The van der Waals surface area contributed by atoms with Crippen LogP contribution in [0, 0.1) is 0 Å². The largest absolute Gasteiger partial charge is 0.497 e. The first-order chi connectivity index (χ1) is 20.1. The van der Waals surface area contributed by atoms with Crippen molar-refractivity contribution in [3.05, 3.63) is 64.1 Å². The summed E-state index contributed by atoms with van der Waals surface area (Å²) in [7, 11) is 1.58. The van der Waals surface area contributed by atoms with Crippen LogP contribution < -0.4 is 15.7 Å². The molecule has 2 aliphatic rings. The summed E-state index contributed by atoms with van der Waals surface area (Å²) in [6, 6.07) is 12.4. The Balaban J connectivity index is 1.50. The van der Waals surface area contributed by atoms with Crippen molar-refractivity contribution in [3.8, 4) is 5.75 Å². The average molecular weight is 577 g/mol. The van der Waals surface area contributed by atoms with Gasteiger partial charge in [-0.1, -0.05) is 18.2 Å². The number of carbonyl (C=O) groups excluding carboxylic acids is 3. The van der Waals surface area contributed by atoms with Gasteiger partial charge >= 0.3 is 11.7 Å². The molecule has 2 saturated heterocycles. The van der Waals surface area contributed by atoms with E-state index in [2.05, 4.69) is 5.32 Å². The van der Waals surface area contributed by atoms with Gasteiger partial charge in [0.1, 0.15) is 17.4 Å². The molecule has 0 bridgehead atoms. The number of nitrogens with one attached hydrogen (secondary N) is 1. The summed E-state index contributed by atoms with van der Waals surface area (Å²) in [4.78, 5) is 54.6. The number of aromatic nitrogens is 2. The van der Waals surface area contributed by atoms with E-state index in [1.807, 2.05) is 51.1 Å². The summed E-state index contributed by atoms with van der Waals surface area (Å²) in [5, 5.41) is 3.39. The number of nitrogens with zero attached hydrogens (tertiary/aromatic N) is 3. The molecule has 2 amide bonds. The normalized spacial score (nSPS) is 18.5. The topological polar surface area (TPSA) is 112 Å². The van der Waals surface area contributed by atoms with Crippen molar-refractivity contribution >= 4 is 28.8 Å². The van der Waals surface area contributed by atoms with Gasteiger partial charge in [-0.25, -0.2) is 4.79 Å². The fourth-order valence-electron chi connectivity index (χ4n) is 5.96. The molecule has 0 spiro atoms. The highest BCUT2D eigenvalue weighted by Crippen LogP contribution is 2.32. The molecule has 1 aromatic heterocycles. The number of imidazole rings is 1. The second-order valence-electron chi connectivity index (χ2n) is 12.1. The Morgan fingerprint density at radius 2 is 1.69 bits per heavy atom. The van der Waals surface area contributed by atoms with Crippen LogP contribution in [0.1, 0.15) is 76.0 Å². The van der Waals surface area contributed by atoms with Gasteiger partial charge in [0.2, 0.25) is 5.91 Å². The maximum absolute atomic E-state index is 14.0. The van der Waals surface area contributed by atoms with Crippen LogP contribution in [0.25, 0.3) is 11.0 Å². The molecule has 0 aliphatic carbocycles. The van der Waals surface area contributed by atoms with Gasteiger partial charge in [0, 0.05) is 13.0 Å². The fourth-order valence-corrected chi connectivity index (χ4v) is 5.96. The summed E-state index contributed by atoms with van der Waals surface area (Å²) in [5.41, 5.74) is 2.24. The third-order valence-corrected chi connectivity index (χ3v) is 8.05. The lowest BCUT2D eigenvalue weighted by molar-refractivity contribution is -0.155. The van der Waals surface area contributed by atoms with Gasteiger partial charge in [-0.3, -0.25) is 28.4 Å². The summed E-state index contributed by atoms with van der Waals surface area (Å²) in [6.45, 7) is 7.53. The van der Waals surface area contributed by atoms with E-state index in [0.29, 0.717) is 22.7 Å². The minimum atomic E-state index is -0.830. The lowest BCUT2D eigenvalue weighted by atomic mass is 9.90. The lowest BCUT2D eigenvalue weighted by Crippen LogP contribution is -2.47. The van der Waals surface area contributed by atoms with Crippen molar-refractivity contribution in [1.29, 1.82) is 0 Å². The Hall–Kier alpha value is -3.92. The maximum Gasteiger partial charge on any atom is 0.329 e. The molecule has 2 aromatic carbocycles. The number of carbonyl (C=O) groups is 3. The molecule has 2 fully saturated rings. The number of rotatable bonds is 8. The monoisotopic (exact) mass is 576 g/mol. The first-order valence-corrected chi connectivity index (χ1v) is 14.7. The molecule has 2 aliphatic heterocycles. The molecule has 3 aromatic rings. The maximum atomic E-state index is 14.0. The number of likely N-dealkylation sites (tertiary alicyclic amines) is 1. The van der Waals surface area contributed by atoms with Crippen LogP contribution >= 0.6 is 0 Å². The molecule has 3 heterocycles. The molecule has 1 atom stereocenters. The van der Waals surface area contributed by atoms with Gasteiger partial charge in [-0.2, -0.15) is 0 Å². The summed E-state index contributed by atoms with van der Waals surface area (Å²) >= 11 is 0. The minimum Gasteiger partial charge on any atom is -0.497 e. The molecule has 1 N–H and O–H groups in total. The number of benzene rings is 2. The Morgan fingerprint density at radius 3 is 2.36 bits per heavy atom. The number of fused-ring (bicyclic) bond motifs is 1. The van der Waals surface area contributed by atoms with E-state index in [9.17, 15) is 19.2 Å². The lowest BCUT2D eigenvalue weighted by Gasteiger charge is -2.31. The van der Waals surface area contributed by atoms with Gasteiger partial charge in [-0.05, 0) is 94.4 Å². The predicted molar refractivity (Wildman–Crippen MR) is 158 cm³/mol. The Morgan fingerprint density at radius 1 is 0.976 bits per heavy atom. The summed E-state index contributed by atoms with van der Waals surface area (Å²) < 4.78 is 13.8. The number of hydrogen-bond acceptors (Lipinski definition) is 7. The summed E-state index contributed by atoms with van der Waals surface area (Å²) in [5.74, 6) is -0.0144. The smallest absolute Gasteiger partial charge is 0.329 e. The summed E-state index contributed by atoms with van der Waals surface area (Å²) in [6.07, 6.45) is 2.40. The van der Waals surface area contributed by atoms with E-state index in [0.717, 1.165) is 37.1 Å². The van der Waals surface area contributed by atoms with E-state index in [1.165, 1.54) is 9.47 Å². The molecule has 0 saturated carbocycles. The van der Waals surface area contributed by atoms with Crippen LogP contribution in [-0.4, -0.2) is 57.6 Å². The highest BCUT2D eigenvalue weighted by atomic mass is 16.6. The van der Waals surface area contributed by atoms with Crippen LogP contribution in [0.5, 0.6) is 5.75 Å². The van der Waals surface area contributed by atoms with Crippen LogP contribution in [0.4, 0.5) is 0 Å². The number of ether oxygens (including phenoxy) is 2. The number of piperidine rings is 2. The zero-order valence-corrected chi connectivity index (χ0v) is 24.9. The van der Waals surface area contributed by atoms with E-state index < -0.39 is 23.5 Å².